The van der Waals surface area contributed by atoms with Crippen molar-refractivity contribution in [1.82, 2.24) is 29.5 Å². The molecule has 10 nitrogen and oxygen atoms in total. The van der Waals surface area contributed by atoms with Crippen LogP contribution in [0.3, 0.4) is 0 Å². The highest BCUT2D eigenvalue weighted by atomic mass is 19.3. The summed E-state index contributed by atoms with van der Waals surface area (Å²) in [4.78, 5) is 19.1. The Morgan fingerprint density at radius 1 is 1.23 bits per heavy atom. The number of methoxy groups -OCH3 is 1. The molecule has 0 saturated carbocycles. The van der Waals surface area contributed by atoms with E-state index in [9.17, 15) is 23.2 Å². The van der Waals surface area contributed by atoms with Gasteiger partial charge in [0.05, 0.1) is 47.1 Å². The molecule has 4 aromatic rings. The normalized spacial score (nSPS) is 14.9. The monoisotopic (exact) mass is 592 g/mol. The van der Waals surface area contributed by atoms with Gasteiger partial charge in [0.1, 0.15) is 17.6 Å². The molecule has 224 valence electrons. The van der Waals surface area contributed by atoms with Crippen LogP contribution in [-0.2, 0) is 7.05 Å². The number of nitrogens with zero attached hydrogens (tertiary/aromatic N) is 6. The lowest BCUT2D eigenvalue weighted by molar-refractivity contribution is 0.0286. The van der Waals surface area contributed by atoms with Crippen molar-refractivity contribution < 1.29 is 22.7 Å². The van der Waals surface area contributed by atoms with Crippen LogP contribution in [0.2, 0.25) is 0 Å². The number of fused-ring (bicyclic) bond motifs is 1. The molecule has 0 spiro atoms. The summed E-state index contributed by atoms with van der Waals surface area (Å²) in [6.45, 7) is 3.83. The third kappa shape index (κ3) is 5.48. The maximum atomic E-state index is 13.6. The van der Waals surface area contributed by atoms with Crippen LogP contribution in [0, 0.1) is 11.3 Å². The molecule has 1 fully saturated rings. The molecule has 5 rings (SSSR count). The highest BCUT2D eigenvalue weighted by molar-refractivity contribution is 6.11. The number of carbonyl (C=O) groups excluding carboxylic acids is 1. The molecule has 4 heterocycles. The van der Waals surface area contributed by atoms with Crippen molar-refractivity contribution in [2.45, 2.75) is 38.5 Å². The number of likely N-dealkylation sites (tertiary alicyclic amines) is 1. The lowest BCUT2D eigenvalue weighted by Gasteiger charge is -2.31. The van der Waals surface area contributed by atoms with Gasteiger partial charge in [0.25, 0.3) is 12.3 Å². The fourth-order valence-electron chi connectivity index (χ4n) is 5.68. The van der Waals surface area contributed by atoms with E-state index in [4.69, 9.17) is 15.6 Å². The lowest BCUT2D eigenvalue weighted by atomic mass is 9.97. The molecule has 1 aliphatic heterocycles. The Morgan fingerprint density at radius 2 is 1.98 bits per heavy atom. The van der Waals surface area contributed by atoms with Crippen molar-refractivity contribution >= 4 is 22.6 Å². The van der Waals surface area contributed by atoms with E-state index in [2.05, 4.69) is 22.2 Å². The maximum Gasteiger partial charge on any atom is 0.287 e. The number of ether oxygens (including phenoxy) is 1. The molecule has 13 heteroatoms. The zero-order chi connectivity index (χ0) is 30.8. The second kappa shape index (κ2) is 12.1. The number of carbonyl (C=O) groups is 1. The number of piperidine rings is 1. The number of aryl methyl sites for hydroxylation is 1. The van der Waals surface area contributed by atoms with E-state index in [1.807, 2.05) is 35.5 Å². The number of aromatic nitrogens is 4. The third-order valence-electron chi connectivity index (χ3n) is 7.69. The molecule has 3 N–H and O–H groups in total. The molecule has 1 amide bonds. The molecule has 1 saturated heterocycles. The minimum Gasteiger partial charge on any atom is -0.496 e. The zero-order valence-corrected chi connectivity index (χ0v) is 23.9. The molecule has 1 unspecified atom stereocenters. The van der Waals surface area contributed by atoms with Crippen molar-refractivity contribution in [3.05, 3.63) is 60.2 Å². The van der Waals surface area contributed by atoms with Crippen molar-refractivity contribution in [3.8, 4) is 34.2 Å². The fraction of sp³-hybridized carbons (Fsp3) is 0.333. The number of nitrogens with one attached hydrogen (secondary N) is 1. The summed E-state index contributed by atoms with van der Waals surface area (Å²) in [5.74, 6) is -0.831. The third-order valence-corrected chi connectivity index (χ3v) is 7.69. The molecule has 1 aromatic carbocycles. The number of pyridine rings is 1. The molecule has 43 heavy (non-hydrogen) atoms. The minimum absolute atomic E-state index is 0.0333. The molecule has 0 radical (unpaired) electrons. The fourth-order valence-corrected chi connectivity index (χ4v) is 5.68. The maximum absolute atomic E-state index is 13.6. The summed E-state index contributed by atoms with van der Waals surface area (Å²) in [5, 5.41) is 16.8. The van der Waals surface area contributed by atoms with Gasteiger partial charge >= 0.3 is 0 Å². The predicted octanol–water partition coefficient (Wildman–Crippen LogP) is 5.03. The van der Waals surface area contributed by atoms with Gasteiger partial charge in [-0.15, -0.1) is 0 Å². The highest BCUT2D eigenvalue weighted by Gasteiger charge is 2.28. The highest BCUT2D eigenvalue weighted by Crippen LogP contribution is 2.44. The number of amides is 1. The van der Waals surface area contributed by atoms with E-state index >= 15 is 0 Å². The second-order valence-corrected chi connectivity index (χ2v) is 10.3. The molecule has 0 aliphatic carbocycles. The first-order valence-electron chi connectivity index (χ1n) is 13.7. The van der Waals surface area contributed by atoms with Crippen LogP contribution in [0.4, 0.5) is 19.0 Å². The molecular weight excluding hydrogens is 561 g/mol. The Morgan fingerprint density at radius 3 is 2.63 bits per heavy atom. The molecular formula is C30H31F3N8O2. The quantitative estimate of drug-likeness (QED) is 0.275. The van der Waals surface area contributed by atoms with Crippen molar-refractivity contribution in [2.24, 2.45) is 7.05 Å². The first-order chi connectivity index (χ1) is 20.7. The van der Waals surface area contributed by atoms with E-state index in [1.165, 1.54) is 19.4 Å². The molecule has 1 aliphatic rings. The smallest absolute Gasteiger partial charge is 0.287 e. The summed E-state index contributed by atoms with van der Waals surface area (Å²) in [6.07, 6.45) is 4.91. The Hall–Kier alpha value is -4.99. The van der Waals surface area contributed by atoms with Crippen LogP contribution in [-0.4, -0.2) is 63.1 Å². The van der Waals surface area contributed by atoms with E-state index in [1.54, 1.807) is 23.6 Å². The van der Waals surface area contributed by atoms with Crippen LogP contribution >= 0.6 is 0 Å². The zero-order valence-electron chi connectivity index (χ0n) is 23.9. The van der Waals surface area contributed by atoms with Gasteiger partial charge in [0, 0.05) is 43.7 Å². The average molecular weight is 593 g/mol. The van der Waals surface area contributed by atoms with Gasteiger partial charge in [-0.05, 0) is 43.7 Å². The number of halogens is 3. The first kappa shape index (κ1) is 29.5. The second-order valence-electron chi connectivity index (χ2n) is 10.3. The lowest BCUT2D eigenvalue weighted by Crippen LogP contribution is -2.36. The summed E-state index contributed by atoms with van der Waals surface area (Å²) in [5.41, 5.74) is 9.78. The predicted molar refractivity (Wildman–Crippen MR) is 156 cm³/mol. The number of alkyl halides is 3. The summed E-state index contributed by atoms with van der Waals surface area (Å²) < 4.78 is 48.3. The van der Waals surface area contributed by atoms with Gasteiger partial charge in [-0.2, -0.15) is 10.4 Å². The van der Waals surface area contributed by atoms with Gasteiger partial charge in [-0.1, -0.05) is 12.1 Å². The molecule has 0 bridgehead atoms. The largest absolute Gasteiger partial charge is 0.496 e. The van der Waals surface area contributed by atoms with E-state index < -0.39 is 18.6 Å². The van der Waals surface area contributed by atoms with Crippen LogP contribution in [0.1, 0.15) is 41.7 Å². The number of rotatable bonds is 8. The van der Waals surface area contributed by atoms with Crippen LogP contribution < -0.4 is 15.8 Å². The number of nitrogen functional groups attached to an aromatic ring is 1. The number of nitriles is 1. The average Bonchev–Trinajstić information content (AvgIpc) is 3.61. The van der Waals surface area contributed by atoms with Gasteiger partial charge in [0.2, 0.25) is 6.30 Å². The molecule has 1 atom stereocenters. The Balaban J connectivity index is 1.63. The number of allylic oxidation sites excluding steroid dienone is 1. The topological polar surface area (TPSA) is 127 Å². The summed E-state index contributed by atoms with van der Waals surface area (Å²) >= 11 is 0. The van der Waals surface area contributed by atoms with Gasteiger partial charge in [-0.25, -0.2) is 18.2 Å². The number of nitrogens with two attached hydrogens (primary N) is 1. The van der Waals surface area contributed by atoms with Crippen molar-refractivity contribution in [3.63, 3.8) is 0 Å². The van der Waals surface area contributed by atoms with Gasteiger partial charge in [0.15, 0.2) is 0 Å². The number of anilines is 1. The Labute approximate surface area is 246 Å². The van der Waals surface area contributed by atoms with E-state index in [-0.39, 0.29) is 23.2 Å². The minimum atomic E-state index is -3.38. The standard InChI is InChI=1S/C30H31F3N8O2/c1-4-9-40-10-7-20(8-11-40)41-16-19(15-37-41)26-23(24-25(39(26)2)18(13-34)14-36-29(24)35)17-5-6-21(22(12-17)43-3)30(42)38-28(33)27(31)32/h4-6,9,12,14-16,20,27-28H,7-8,10-11H2,1-3H3,(H2,35,36)(H,38,42). The van der Waals surface area contributed by atoms with Crippen molar-refractivity contribution in [2.75, 3.05) is 25.9 Å². The summed E-state index contributed by atoms with van der Waals surface area (Å²) in [6, 6.07) is 6.89. The summed E-state index contributed by atoms with van der Waals surface area (Å²) in [7, 11) is 3.13. The van der Waals surface area contributed by atoms with Gasteiger partial charge < -0.3 is 25.3 Å². The number of benzene rings is 1. The number of hydrogen-bond acceptors (Lipinski definition) is 7. The Bertz CT molecular complexity index is 1730. The van der Waals surface area contributed by atoms with Gasteiger partial charge in [-0.3, -0.25) is 9.48 Å². The number of hydrogen-bond donors (Lipinski definition) is 2. The Kier molecular flexibility index (Phi) is 8.29. The van der Waals surface area contributed by atoms with Crippen LogP contribution in [0.5, 0.6) is 5.75 Å². The van der Waals surface area contributed by atoms with E-state index in [0.717, 1.165) is 31.5 Å². The first-order valence-corrected chi connectivity index (χ1v) is 13.7. The van der Waals surface area contributed by atoms with Crippen LogP contribution in [0.15, 0.2) is 49.1 Å². The van der Waals surface area contributed by atoms with E-state index in [0.29, 0.717) is 33.3 Å². The van der Waals surface area contributed by atoms with Crippen molar-refractivity contribution in [1.29, 1.82) is 5.26 Å². The molecule has 3 aromatic heterocycles. The van der Waals surface area contributed by atoms with Crippen LogP contribution in [0.25, 0.3) is 33.3 Å². The SMILES string of the molecule is CC=CN1CCC(n2cc(-c3c(-c4ccc(C(=O)NC(F)C(F)F)c(OC)c4)c4c(N)ncc(C#N)c4n3C)cn2)CC1.